The highest BCUT2D eigenvalue weighted by Gasteiger charge is 2.18. The molecule has 0 saturated heterocycles. The fraction of sp³-hybridized carbons (Fsp3) is 0.250. The molecule has 202 valence electrons. The topological polar surface area (TPSA) is 117 Å². The Morgan fingerprint density at radius 1 is 0.816 bits per heavy atom. The molecule has 1 amide bonds. The molecule has 3 aromatic carbocycles. The van der Waals surface area contributed by atoms with Crippen molar-refractivity contribution in [1.82, 2.24) is 5.32 Å². The van der Waals surface area contributed by atoms with Crippen LogP contribution in [0.2, 0.25) is 0 Å². The maximum absolute atomic E-state index is 12.5. The molecule has 0 aliphatic rings. The van der Waals surface area contributed by atoms with Gasteiger partial charge in [-0.3, -0.25) is 4.79 Å². The number of aromatic carboxylic acids is 1. The van der Waals surface area contributed by atoms with Gasteiger partial charge in [0.2, 0.25) is 0 Å². The molecular weight excluding hydrogens is 712 g/mol. The predicted octanol–water partition coefficient (Wildman–Crippen LogP) is 6.25. The summed E-state index contributed by atoms with van der Waals surface area (Å²) in [6, 6.07) is 18.0. The zero-order chi connectivity index (χ0) is 28.5. The molecule has 0 aromatic heterocycles. The van der Waals surface area contributed by atoms with Crippen molar-refractivity contribution >= 4 is 74.4 Å². The smallest absolute Gasteiger partial charge is 0.338 e. The second-order valence-corrected chi connectivity index (χ2v) is 11.6. The van der Waals surface area contributed by atoms with Gasteiger partial charge in [-0.15, -0.1) is 0 Å². The number of halogens is 2. The van der Waals surface area contributed by atoms with Gasteiger partial charge in [0.25, 0.3) is 5.91 Å². The molecule has 3 rings (SSSR count). The number of carboxylic acids is 1. The van der Waals surface area contributed by atoms with Gasteiger partial charge >= 0.3 is 11.9 Å². The van der Waals surface area contributed by atoms with Crippen LogP contribution in [0.4, 0.5) is 11.4 Å². The van der Waals surface area contributed by atoms with Crippen LogP contribution in [-0.4, -0.2) is 42.6 Å². The minimum atomic E-state index is -0.905. The lowest BCUT2D eigenvalue weighted by Gasteiger charge is -2.19. The fourth-order valence-corrected chi connectivity index (χ4v) is 4.19. The van der Waals surface area contributed by atoms with Crippen molar-refractivity contribution in [2.75, 3.05) is 24.7 Å². The van der Waals surface area contributed by atoms with Crippen LogP contribution in [-0.2, 0) is 11.3 Å². The molecule has 38 heavy (non-hydrogen) atoms. The number of carbonyl (C=O) groups is 3. The molecule has 0 saturated carbocycles. The molecule has 0 unspecified atom stereocenters. The lowest BCUT2D eigenvalue weighted by molar-refractivity contribution is 0.00691. The Hall–Kier alpha value is -2.87. The predicted molar refractivity (Wildman–Crippen MR) is 167 cm³/mol. The summed E-state index contributed by atoms with van der Waals surface area (Å²) in [6.07, 6.45) is 0. The first-order chi connectivity index (χ1) is 17.8. The van der Waals surface area contributed by atoms with Crippen molar-refractivity contribution in [3.05, 3.63) is 90.1 Å². The number of hydrogen-bond acceptors (Lipinski definition) is 6. The summed E-state index contributed by atoms with van der Waals surface area (Å²) in [4.78, 5) is 35.2. The van der Waals surface area contributed by atoms with Gasteiger partial charge in [-0.1, -0.05) is 12.1 Å². The Morgan fingerprint density at radius 3 is 1.79 bits per heavy atom. The molecule has 0 radical (unpaired) electrons. The maximum atomic E-state index is 12.5. The molecule has 0 aliphatic carbocycles. The summed E-state index contributed by atoms with van der Waals surface area (Å²) >= 11 is 4.26. The molecule has 8 nitrogen and oxygen atoms in total. The van der Waals surface area contributed by atoms with Crippen LogP contribution in [0.1, 0.15) is 57.4 Å². The van der Waals surface area contributed by atoms with E-state index < -0.39 is 11.6 Å². The van der Waals surface area contributed by atoms with E-state index in [2.05, 4.69) is 61.1 Å². The third-order valence-corrected chi connectivity index (χ3v) is 6.36. The van der Waals surface area contributed by atoms with Crippen LogP contribution < -0.4 is 16.0 Å². The second kappa shape index (κ2) is 14.3. The monoisotopic (exact) mass is 743 g/mol. The Labute approximate surface area is 250 Å². The number of amides is 1. The maximum Gasteiger partial charge on any atom is 0.338 e. The van der Waals surface area contributed by atoms with E-state index in [4.69, 9.17) is 9.84 Å². The number of anilines is 2. The molecule has 0 aliphatic heterocycles. The largest absolute Gasteiger partial charge is 0.478 e. The highest BCUT2D eigenvalue weighted by molar-refractivity contribution is 14.1. The van der Waals surface area contributed by atoms with Gasteiger partial charge in [-0.05, 0) is 120 Å². The quantitative estimate of drug-likeness (QED) is 0.167. The number of carboxylic acid groups (broad SMARTS) is 1. The lowest BCUT2D eigenvalue weighted by atomic mass is 10.1. The van der Waals surface area contributed by atoms with Crippen LogP contribution >= 0.6 is 45.2 Å². The summed E-state index contributed by atoms with van der Waals surface area (Å²) in [6.45, 7) is 5.87. The SMILES string of the molecule is CNc1ccc(I)cc1C(=O)NCc1ccc(C(=O)OC(C)(C)C)cc1.CNc1ccc(I)cc1C(=O)O. The molecule has 4 N–H and O–H groups in total. The molecule has 10 heteroatoms. The molecule has 0 atom stereocenters. The van der Waals surface area contributed by atoms with Gasteiger partial charge in [0.1, 0.15) is 5.60 Å². The Bertz CT molecular complexity index is 1290. The number of carbonyl (C=O) groups excluding carboxylic acids is 2. The fourth-order valence-electron chi connectivity index (χ4n) is 3.21. The summed E-state index contributed by atoms with van der Waals surface area (Å²) in [5.41, 5.74) is 3.20. The lowest BCUT2D eigenvalue weighted by Crippen LogP contribution is -2.24. The van der Waals surface area contributed by atoms with E-state index in [1.807, 2.05) is 57.2 Å². The Balaban J connectivity index is 0.000000352. The third-order valence-electron chi connectivity index (χ3n) is 5.02. The van der Waals surface area contributed by atoms with Crippen molar-refractivity contribution in [3.63, 3.8) is 0 Å². The minimum absolute atomic E-state index is 0.149. The highest BCUT2D eigenvalue weighted by Crippen LogP contribution is 2.19. The minimum Gasteiger partial charge on any atom is -0.478 e. The van der Waals surface area contributed by atoms with Crippen LogP contribution in [0.15, 0.2) is 60.7 Å². The summed E-state index contributed by atoms with van der Waals surface area (Å²) in [5.74, 6) is -1.41. The van der Waals surface area contributed by atoms with E-state index in [0.29, 0.717) is 28.9 Å². The molecule has 0 bridgehead atoms. The van der Waals surface area contributed by atoms with E-state index in [1.54, 1.807) is 38.4 Å². The van der Waals surface area contributed by atoms with Gasteiger partial charge in [-0.2, -0.15) is 0 Å². The molecule has 0 heterocycles. The Morgan fingerprint density at radius 2 is 1.32 bits per heavy atom. The standard InChI is InChI=1S/C20H23IN2O3.C8H8INO2/c1-20(2,3)26-19(25)14-7-5-13(6-8-14)12-23-18(24)16-11-15(21)9-10-17(16)22-4;1-10-7-3-2-5(9)4-6(7)8(11)12/h5-11,22H,12H2,1-4H3,(H,23,24);2-4,10H,1H3,(H,11,12). The van der Waals surface area contributed by atoms with Crippen molar-refractivity contribution in [2.24, 2.45) is 0 Å². The summed E-state index contributed by atoms with van der Waals surface area (Å²) < 4.78 is 7.25. The first kappa shape index (κ1) is 31.3. The normalized spacial score (nSPS) is 10.5. The average Bonchev–Trinajstić information content (AvgIpc) is 2.86. The average molecular weight is 743 g/mol. The third kappa shape index (κ3) is 9.78. The molecule has 0 fully saturated rings. The van der Waals surface area contributed by atoms with E-state index >= 15 is 0 Å². The number of esters is 1. The second-order valence-electron chi connectivity index (χ2n) is 9.07. The first-order valence-corrected chi connectivity index (χ1v) is 13.8. The van der Waals surface area contributed by atoms with Crippen LogP contribution in [0, 0.1) is 7.14 Å². The van der Waals surface area contributed by atoms with Gasteiger partial charge in [0.15, 0.2) is 0 Å². The molecule has 0 spiro atoms. The summed E-state index contributed by atoms with van der Waals surface area (Å²) in [5, 5.41) is 17.5. The number of hydrogen-bond donors (Lipinski definition) is 4. The van der Waals surface area contributed by atoms with E-state index in [9.17, 15) is 14.4 Å². The van der Waals surface area contributed by atoms with Gasteiger partial charge in [0, 0.05) is 39.2 Å². The van der Waals surface area contributed by atoms with Gasteiger partial charge < -0.3 is 25.8 Å². The van der Waals surface area contributed by atoms with Crippen molar-refractivity contribution in [1.29, 1.82) is 0 Å². The van der Waals surface area contributed by atoms with Crippen molar-refractivity contribution < 1.29 is 24.2 Å². The van der Waals surface area contributed by atoms with Crippen molar-refractivity contribution in [3.8, 4) is 0 Å². The molecule has 3 aromatic rings. The zero-order valence-electron chi connectivity index (χ0n) is 21.8. The van der Waals surface area contributed by atoms with Crippen LogP contribution in [0.5, 0.6) is 0 Å². The number of rotatable bonds is 7. The van der Waals surface area contributed by atoms with E-state index in [1.165, 1.54) is 0 Å². The van der Waals surface area contributed by atoms with E-state index in [-0.39, 0.29) is 11.9 Å². The van der Waals surface area contributed by atoms with Gasteiger partial charge in [0.05, 0.1) is 16.7 Å². The zero-order valence-corrected chi connectivity index (χ0v) is 26.1. The number of nitrogens with one attached hydrogen (secondary N) is 3. The van der Waals surface area contributed by atoms with Gasteiger partial charge in [-0.25, -0.2) is 9.59 Å². The van der Waals surface area contributed by atoms with Crippen LogP contribution in [0.3, 0.4) is 0 Å². The highest BCUT2D eigenvalue weighted by atomic mass is 127. The summed E-state index contributed by atoms with van der Waals surface area (Å²) in [7, 11) is 3.49. The number of ether oxygens (including phenoxy) is 1. The van der Waals surface area contributed by atoms with Crippen molar-refractivity contribution in [2.45, 2.75) is 32.9 Å². The first-order valence-electron chi connectivity index (χ1n) is 11.6. The van der Waals surface area contributed by atoms with E-state index in [0.717, 1.165) is 18.4 Å². The molecular formula is C28H31I2N3O5. The van der Waals surface area contributed by atoms with Crippen LogP contribution in [0.25, 0.3) is 0 Å². The Kier molecular flexibility index (Phi) is 11.8. The number of benzene rings is 3.